The van der Waals surface area contributed by atoms with Crippen LogP contribution in [0.5, 0.6) is 5.75 Å². The van der Waals surface area contributed by atoms with E-state index in [-0.39, 0.29) is 33.5 Å². The molecule has 10 nitrogen and oxygen atoms in total. The lowest BCUT2D eigenvalue weighted by molar-refractivity contribution is -0.113. The van der Waals surface area contributed by atoms with E-state index in [1.165, 1.54) is 24.9 Å². The summed E-state index contributed by atoms with van der Waals surface area (Å²) in [5, 5.41) is 3.22. The van der Waals surface area contributed by atoms with Crippen LogP contribution in [-0.2, 0) is 18.9 Å². The third-order valence-corrected chi connectivity index (χ3v) is 5.68. The van der Waals surface area contributed by atoms with Crippen molar-refractivity contribution in [2.75, 3.05) is 18.2 Å². The molecular formula is C21H19N5O5S. The van der Waals surface area contributed by atoms with E-state index in [1.807, 2.05) is 0 Å². The second kappa shape index (κ2) is 8.71. The number of carbonyl (C=O) groups is 1. The summed E-state index contributed by atoms with van der Waals surface area (Å²) < 4.78 is 12.8. The van der Waals surface area contributed by atoms with Crippen LogP contribution in [0.15, 0.2) is 61.7 Å². The Hall–Kier alpha value is -3.86. The Morgan fingerprint density at radius 2 is 1.97 bits per heavy atom. The molecular weight excluding hydrogens is 434 g/mol. The maximum atomic E-state index is 12.8. The molecule has 3 heterocycles. The van der Waals surface area contributed by atoms with Crippen molar-refractivity contribution in [1.29, 1.82) is 0 Å². The number of hydrogen-bond acceptors (Lipinski definition) is 8. The number of nitrogens with zero attached hydrogens (tertiary/aromatic N) is 4. The number of nitrogens with one attached hydrogen (secondary N) is 1. The Morgan fingerprint density at radius 1 is 1.16 bits per heavy atom. The van der Waals surface area contributed by atoms with Crippen molar-refractivity contribution in [3.05, 3.63) is 63.5 Å². The zero-order chi connectivity index (χ0) is 22.8. The van der Waals surface area contributed by atoms with Crippen molar-refractivity contribution < 1.29 is 13.9 Å². The molecule has 0 unspecified atom stereocenters. The highest BCUT2D eigenvalue weighted by molar-refractivity contribution is 8.00. The van der Waals surface area contributed by atoms with Crippen molar-refractivity contribution in [2.24, 2.45) is 14.1 Å². The van der Waals surface area contributed by atoms with Gasteiger partial charge in [0.1, 0.15) is 16.2 Å². The minimum atomic E-state index is -0.537. The molecule has 1 N–H and O–H groups in total. The summed E-state index contributed by atoms with van der Waals surface area (Å²) in [7, 11) is 4.45. The normalized spacial score (nSPS) is 11.0. The zero-order valence-electron chi connectivity index (χ0n) is 17.5. The standard InChI is InChI=1S/C21H19N5O5S/c1-25-18-16(20(28)26(2)21(25)29)19(24-17(23-18)14-8-5-9-31-14)32-11-15(27)22-12-6-4-7-13(10-12)30-3/h4-10H,11H2,1-3H3,(H,22,27). The molecule has 0 fully saturated rings. The average Bonchev–Trinajstić information content (AvgIpc) is 3.34. The minimum absolute atomic E-state index is 0.0209. The number of aromatic nitrogens is 4. The fourth-order valence-electron chi connectivity index (χ4n) is 3.08. The number of furan rings is 1. The number of amides is 1. The number of ether oxygens (including phenoxy) is 1. The van der Waals surface area contributed by atoms with Crippen molar-refractivity contribution in [2.45, 2.75) is 5.03 Å². The monoisotopic (exact) mass is 453 g/mol. The molecule has 0 saturated carbocycles. The molecule has 1 amide bonds. The van der Waals surface area contributed by atoms with Crippen molar-refractivity contribution in [3.8, 4) is 17.3 Å². The number of hydrogen-bond donors (Lipinski definition) is 1. The third-order valence-electron chi connectivity index (χ3n) is 4.70. The predicted molar refractivity (Wildman–Crippen MR) is 120 cm³/mol. The maximum Gasteiger partial charge on any atom is 0.332 e. The average molecular weight is 453 g/mol. The van der Waals surface area contributed by atoms with Gasteiger partial charge >= 0.3 is 5.69 Å². The molecule has 0 radical (unpaired) electrons. The molecule has 4 aromatic rings. The van der Waals surface area contributed by atoms with Gasteiger partial charge in [-0.3, -0.25) is 18.7 Å². The molecule has 0 aliphatic carbocycles. The van der Waals surface area contributed by atoms with Crippen LogP contribution in [-0.4, -0.2) is 37.9 Å². The van der Waals surface area contributed by atoms with E-state index in [9.17, 15) is 14.4 Å². The first-order valence-electron chi connectivity index (χ1n) is 9.47. The minimum Gasteiger partial charge on any atom is -0.497 e. The van der Waals surface area contributed by atoms with Crippen molar-refractivity contribution in [3.63, 3.8) is 0 Å². The Morgan fingerprint density at radius 3 is 2.69 bits per heavy atom. The third kappa shape index (κ3) is 4.02. The first kappa shape index (κ1) is 21.4. The lowest BCUT2D eigenvalue weighted by atomic mass is 10.3. The second-order valence-electron chi connectivity index (χ2n) is 6.80. The van der Waals surface area contributed by atoms with Crippen molar-refractivity contribution in [1.82, 2.24) is 19.1 Å². The fraction of sp³-hybridized carbons (Fsp3) is 0.190. The molecule has 11 heteroatoms. The van der Waals surface area contributed by atoms with Gasteiger partial charge < -0.3 is 14.5 Å². The number of benzene rings is 1. The van der Waals surface area contributed by atoms with Crippen LogP contribution in [0.2, 0.25) is 0 Å². The molecule has 1 aromatic carbocycles. The first-order chi connectivity index (χ1) is 15.4. The van der Waals surface area contributed by atoms with E-state index >= 15 is 0 Å². The number of thioether (sulfide) groups is 1. The van der Waals surface area contributed by atoms with Gasteiger partial charge in [-0.2, -0.15) is 0 Å². The van der Waals surface area contributed by atoms with Gasteiger partial charge in [0.15, 0.2) is 17.2 Å². The number of rotatable bonds is 6. The molecule has 0 bridgehead atoms. The molecule has 0 saturated heterocycles. The molecule has 32 heavy (non-hydrogen) atoms. The van der Waals surface area contributed by atoms with Crippen LogP contribution in [0, 0.1) is 0 Å². The topological polar surface area (TPSA) is 121 Å². The van der Waals surface area contributed by atoms with E-state index in [2.05, 4.69) is 15.3 Å². The van der Waals surface area contributed by atoms with Gasteiger partial charge in [0.25, 0.3) is 5.56 Å². The second-order valence-corrected chi connectivity index (χ2v) is 7.77. The molecule has 0 spiro atoms. The largest absolute Gasteiger partial charge is 0.497 e. The summed E-state index contributed by atoms with van der Waals surface area (Å²) in [6.45, 7) is 0. The lowest BCUT2D eigenvalue weighted by Crippen LogP contribution is -2.37. The van der Waals surface area contributed by atoms with Crippen molar-refractivity contribution >= 4 is 34.4 Å². The van der Waals surface area contributed by atoms with E-state index in [4.69, 9.17) is 9.15 Å². The van der Waals surface area contributed by atoms with Crippen LogP contribution >= 0.6 is 11.8 Å². The summed E-state index contributed by atoms with van der Waals surface area (Å²) in [6, 6.07) is 10.3. The van der Waals surface area contributed by atoms with E-state index in [0.29, 0.717) is 17.2 Å². The molecule has 0 aliphatic rings. The van der Waals surface area contributed by atoms with E-state index in [0.717, 1.165) is 16.3 Å². The number of aryl methyl sites for hydroxylation is 1. The lowest BCUT2D eigenvalue weighted by Gasteiger charge is -2.11. The van der Waals surface area contributed by atoms with Gasteiger partial charge in [0, 0.05) is 25.8 Å². The van der Waals surface area contributed by atoms with Crippen LogP contribution in [0.25, 0.3) is 22.6 Å². The Labute approximate surface area is 185 Å². The smallest absolute Gasteiger partial charge is 0.332 e. The maximum absolute atomic E-state index is 12.8. The Kier molecular flexibility index (Phi) is 5.82. The first-order valence-corrected chi connectivity index (χ1v) is 10.5. The van der Waals surface area contributed by atoms with Crippen LogP contribution in [0.4, 0.5) is 5.69 Å². The molecule has 0 atom stereocenters. The SMILES string of the molecule is COc1cccc(NC(=O)CSc2nc(-c3ccco3)nc3c2c(=O)n(C)c(=O)n3C)c1. The molecule has 0 aliphatic heterocycles. The summed E-state index contributed by atoms with van der Waals surface area (Å²) in [5.74, 6) is 0.887. The Bertz CT molecular complexity index is 1430. The van der Waals surface area contributed by atoms with Gasteiger partial charge in [-0.15, -0.1) is 0 Å². The highest BCUT2D eigenvalue weighted by Crippen LogP contribution is 2.26. The number of anilines is 1. The van der Waals surface area contributed by atoms with Crippen LogP contribution < -0.4 is 21.3 Å². The summed E-state index contributed by atoms with van der Waals surface area (Å²) in [5.41, 5.74) is -0.310. The number of methoxy groups -OCH3 is 1. The predicted octanol–water partition coefficient (Wildman–Crippen LogP) is 2.03. The van der Waals surface area contributed by atoms with Gasteiger partial charge in [0.2, 0.25) is 5.91 Å². The highest BCUT2D eigenvalue weighted by atomic mass is 32.2. The summed E-state index contributed by atoms with van der Waals surface area (Å²) >= 11 is 1.07. The zero-order valence-corrected chi connectivity index (χ0v) is 18.3. The van der Waals surface area contributed by atoms with Crippen LogP contribution in [0.1, 0.15) is 0 Å². The molecule has 4 rings (SSSR count). The van der Waals surface area contributed by atoms with Gasteiger partial charge in [-0.1, -0.05) is 17.8 Å². The highest BCUT2D eigenvalue weighted by Gasteiger charge is 2.20. The van der Waals surface area contributed by atoms with E-state index in [1.54, 1.807) is 43.5 Å². The molecule has 3 aromatic heterocycles. The van der Waals surface area contributed by atoms with Gasteiger partial charge in [-0.25, -0.2) is 14.8 Å². The number of fused-ring (bicyclic) bond motifs is 1. The van der Waals surface area contributed by atoms with E-state index < -0.39 is 11.2 Å². The molecule has 164 valence electrons. The Balaban J connectivity index is 1.71. The van der Waals surface area contributed by atoms with Gasteiger partial charge in [0.05, 0.1) is 19.1 Å². The summed E-state index contributed by atoms with van der Waals surface area (Å²) in [4.78, 5) is 46.6. The van der Waals surface area contributed by atoms with Gasteiger partial charge in [-0.05, 0) is 24.3 Å². The summed E-state index contributed by atoms with van der Waals surface area (Å²) in [6.07, 6.45) is 1.47. The van der Waals surface area contributed by atoms with Crippen LogP contribution in [0.3, 0.4) is 0 Å². The number of carbonyl (C=O) groups excluding carboxylic acids is 1. The quantitative estimate of drug-likeness (QED) is 0.348. The fourth-order valence-corrected chi connectivity index (χ4v) is 3.90.